The molecule has 1 aliphatic heterocycles. The van der Waals surface area contributed by atoms with E-state index >= 15 is 0 Å². The van der Waals surface area contributed by atoms with Crippen molar-refractivity contribution in [2.75, 3.05) is 13.1 Å². The number of hydrogen-bond donors (Lipinski definition) is 2. The molecule has 5 heteroatoms. The van der Waals surface area contributed by atoms with Crippen LogP contribution in [0.15, 0.2) is 30.3 Å². The smallest absolute Gasteiger partial charge is 0.326 e. The van der Waals surface area contributed by atoms with Crippen molar-refractivity contribution in [1.82, 2.24) is 10.2 Å². The lowest BCUT2D eigenvalue weighted by Crippen LogP contribution is -2.47. The summed E-state index contributed by atoms with van der Waals surface area (Å²) in [5, 5.41) is 11.8. The highest BCUT2D eigenvalue weighted by Crippen LogP contribution is 2.09. The maximum atomic E-state index is 11.9. The second-order valence-corrected chi connectivity index (χ2v) is 5.06. The standard InChI is InChI=1S/C15H20N2O3/c18-14(19)13(9-8-12-6-2-1-3-7-12)16-15(20)17-10-4-5-11-17/h1-3,6-7,13H,4-5,8-11H2,(H,16,20)(H,18,19)/t13-/m0/s1. The Hall–Kier alpha value is -2.04. The minimum Gasteiger partial charge on any atom is -0.480 e. The Bertz CT molecular complexity index is 455. The highest BCUT2D eigenvalue weighted by Gasteiger charge is 2.24. The van der Waals surface area contributed by atoms with Gasteiger partial charge >= 0.3 is 12.0 Å². The topological polar surface area (TPSA) is 69.6 Å². The molecule has 2 rings (SSSR count). The predicted molar refractivity (Wildman–Crippen MR) is 75.5 cm³/mol. The predicted octanol–water partition coefficient (Wildman–Crippen LogP) is 1.88. The third-order valence-electron chi connectivity index (χ3n) is 3.55. The number of likely N-dealkylation sites (tertiary alicyclic amines) is 1. The molecule has 2 N–H and O–H groups in total. The van der Waals surface area contributed by atoms with E-state index in [1.54, 1.807) is 4.90 Å². The zero-order valence-corrected chi connectivity index (χ0v) is 11.4. The summed E-state index contributed by atoms with van der Waals surface area (Å²) in [5.74, 6) is -0.978. The van der Waals surface area contributed by atoms with Gasteiger partial charge in [0.2, 0.25) is 0 Å². The van der Waals surface area contributed by atoms with Gasteiger partial charge in [-0.05, 0) is 31.2 Å². The van der Waals surface area contributed by atoms with Gasteiger partial charge in [0.25, 0.3) is 0 Å². The van der Waals surface area contributed by atoms with Crippen LogP contribution >= 0.6 is 0 Å². The van der Waals surface area contributed by atoms with Crippen molar-refractivity contribution >= 4 is 12.0 Å². The molecule has 5 nitrogen and oxygen atoms in total. The molecule has 0 spiro atoms. The number of amides is 2. The largest absolute Gasteiger partial charge is 0.480 e. The lowest BCUT2D eigenvalue weighted by atomic mass is 10.1. The third-order valence-corrected chi connectivity index (χ3v) is 3.55. The number of carbonyl (C=O) groups excluding carboxylic acids is 1. The average molecular weight is 276 g/mol. The number of carboxylic acid groups (broad SMARTS) is 1. The van der Waals surface area contributed by atoms with Gasteiger partial charge in [0, 0.05) is 13.1 Å². The first-order chi connectivity index (χ1) is 9.66. The molecule has 0 bridgehead atoms. The van der Waals surface area contributed by atoms with Crippen LogP contribution in [0.4, 0.5) is 4.79 Å². The van der Waals surface area contributed by atoms with Crippen LogP contribution in [0.25, 0.3) is 0 Å². The van der Waals surface area contributed by atoms with E-state index in [4.69, 9.17) is 0 Å². The molecule has 1 atom stereocenters. The van der Waals surface area contributed by atoms with E-state index in [2.05, 4.69) is 5.32 Å². The van der Waals surface area contributed by atoms with Crippen LogP contribution in [-0.2, 0) is 11.2 Å². The molecule has 0 unspecified atom stereocenters. The molecular formula is C15H20N2O3. The van der Waals surface area contributed by atoms with E-state index in [1.807, 2.05) is 30.3 Å². The van der Waals surface area contributed by atoms with Crippen LogP contribution in [0.2, 0.25) is 0 Å². The molecule has 0 radical (unpaired) electrons. The molecule has 0 saturated carbocycles. The van der Waals surface area contributed by atoms with Gasteiger partial charge in [0.05, 0.1) is 0 Å². The number of rotatable bonds is 5. The van der Waals surface area contributed by atoms with E-state index < -0.39 is 12.0 Å². The number of nitrogens with one attached hydrogen (secondary N) is 1. The molecular weight excluding hydrogens is 256 g/mol. The third kappa shape index (κ3) is 3.98. The quantitative estimate of drug-likeness (QED) is 0.862. The molecule has 1 fully saturated rings. The molecule has 1 aromatic carbocycles. The number of aliphatic carboxylic acids is 1. The molecule has 1 aliphatic rings. The number of carboxylic acids is 1. The van der Waals surface area contributed by atoms with Crippen LogP contribution in [0.1, 0.15) is 24.8 Å². The Kier molecular flexibility index (Phi) is 4.98. The van der Waals surface area contributed by atoms with Crippen LogP contribution in [0.3, 0.4) is 0 Å². The second kappa shape index (κ2) is 6.93. The molecule has 0 aromatic heterocycles. The van der Waals surface area contributed by atoms with Gasteiger partial charge < -0.3 is 15.3 Å². The van der Waals surface area contributed by atoms with Crippen LogP contribution in [0, 0.1) is 0 Å². The van der Waals surface area contributed by atoms with Gasteiger partial charge in [0.1, 0.15) is 6.04 Å². The van der Waals surface area contributed by atoms with Gasteiger partial charge in [0.15, 0.2) is 0 Å². The molecule has 108 valence electrons. The van der Waals surface area contributed by atoms with Crippen molar-refractivity contribution in [3.05, 3.63) is 35.9 Å². The van der Waals surface area contributed by atoms with Crippen LogP contribution < -0.4 is 5.32 Å². The lowest BCUT2D eigenvalue weighted by Gasteiger charge is -2.20. The van der Waals surface area contributed by atoms with Gasteiger partial charge in [-0.25, -0.2) is 9.59 Å². The van der Waals surface area contributed by atoms with Crippen molar-refractivity contribution < 1.29 is 14.7 Å². The highest BCUT2D eigenvalue weighted by atomic mass is 16.4. The Morgan fingerprint density at radius 2 is 1.85 bits per heavy atom. The lowest BCUT2D eigenvalue weighted by molar-refractivity contribution is -0.139. The molecule has 1 aromatic rings. The fourth-order valence-electron chi connectivity index (χ4n) is 2.37. The van der Waals surface area contributed by atoms with Gasteiger partial charge in [-0.15, -0.1) is 0 Å². The SMILES string of the molecule is O=C(O)[C@H](CCc1ccccc1)NC(=O)N1CCCC1. The Labute approximate surface area is 118 Å². The first-order valence-electron chi connectivity index (χ1n) is 6.99. The monoisotopic (exact) mass is 276 g/mol. The minimum atomic E-state index is -0.978. The van der Waals surface area contributed by atoms with Crippen molar-refractivity contribution in [1.29, 1.82) is 0 Å². The summed E-state index contributed by atoms with van der Waals surface area (Å²) >= 11 is 0. The molecule has 1 saturated heterocycles. The summed E-state index contributed by atoms with van der Waals surface area (Å²) in [4.78, 5) is 24.8. The van der Waals surface area contributed by atoms with E-state index in [1.165, 1.54) is 0 Å². The van der Waals surface area contributed by atoms with E-state index in [-0.39, 0.29) is 6.03 Å². The normalized spacial score (nSPS) is 15.9. The minimum absolute atomic E-state index is 0.261. The summed E-state index contributed by atoms with van der Waals surface area (Å²) in [7, 11) is 0. The summed E-state index contributed by atoms with van der Waals surface area (Å²) in [6, 6.07) is 8.60. The van der Waals surface area contributed by atoms with Crippen LogP contribution in [-0.4, -0.2) is 41.1 Å². The number of nitrogens with zero attached hydrogens (tertiary/aromatic N) is 1. The number of hydrogen-bond acceptors (Lipinski definition) is 2. The number of urea groups is 1. The first-order valence-corrected chi connectivity index (χ1v) is 6.99. The zero-order valence-electron chi connectivity index (χ0n) is 11.4. The average Bonchev–Trinajstić information content (AvgIpc) is 2.98. The molecule has 1 heterocycles. The van der Waals surface area contributed by atoms with Crippen molar-refractivity contribution in [2.45, 2.75) is 31.7 Å². The van der Waals surface area contributed by atoms with Gasteiger partial charge in [-0.3, -0.25) is 0 Å². The fourth-order valence-corrected chi connectivity index (χ4v) is 2.37. The van der Waals surface area contributed by atoms with E-state index in [0.717, 1.165) is 31.5 Å². The molecule has 2 amide bonds. The van der Waals surface area contributed by atoms with E-state index in [0.29, 0.717) is 12.8 Å². The van der Waals surface area contributed by atoms with Crippen LogP contribution in [0.5, 0.6) is 0 Å². The fraction of sp³-hybridized carbons (Fsp3) is 0.467. The second-order valence-electron chi connectivity index (χ2n) is 5.06. The Balaban J connectivity index is 1.87. The summed E-state index contributed by atoms with van der Waals surface area (Å²) < 4.78 is 0. The maximum absolute atomic E-state index is 11.9. The van der Waals surface area contributed by atoms with E-state index in [9.17, 15) is 14.7 Å². The maximum Gasteiger partial charge on any atom is 0.326 e. The number of benzene rings is 1. The van der Waals surface area contributed by atoms with Gasteiger partial charge in [-0.1, -0.05) is 30.3 Å². The van der Waals surface area contributed by atoms with Crippen molar-refractivity contribution in [2.24, 2.45) is 0 Å². The van der Waals surface area contributed by atoms with Crippen molar-refractivity contribution in [3.8, 4) is 0 Å². The highest BCUT2D eigenvalue weighted by molar-refractivity contribution is 5.82. The molecule has 0 aliphatic carbocycles. The summed E-state index contributed by atoms with van der Waals surface area (Å²) in [6.07, 6.45) is 3.03. The molecule has 20 heavy (non-hydrogen) atoms. The Morgan fingerprint density at radius 1 is 1.20 bits per heavy atom. The summed E-state index contributed by atoms with van der Waals surface area (Å²) in [5.41, 5.74) is 1.08. The van der Waals surface area contributed by atoms with Gasteiger partial charge in [-0.2, -0.15) is 0 Å². The zero-order chi connectivity index (χ0) is 14.4. The van der Waals surface area contributed by atoms with Crippen molar-refractivity contribution in [3.63, 3.8) is 0 Å². The number of carbonyl (C=O) groups is 2. The number of aryl methyl sites for hydroxylation is 1. The summed E-state index contributed by atoms with van der Waals surface area (Å²) in [6.45, 7) is 1.44. The first kappa shape index (κ1) is 14.4. The Morgan fingerprint density at radius 3 is 2.45 bits per heavy atom.